The van der Waals surface area contributed by atoms with E-state index in [9.17, 15) is 0 Å². The Morgan fingerprint density at radius 1 is 0.923 bits per heavy atom. The van der Waals surface area contributed by atoms with Gasteiger partial charge in [-0.05, 0) is 56.4 Å². The van der Waals surface area contributed by atoms with E-state index in [0.29, 0.717) is 17.9 Å². The van der Waals surface area contributed by atoms with Gasteiger partial charge in [0.05, 0.1) is 13.2 Å². The maximum Gasteiger partial charge on any atom is 0.178 e. The summed E-state index contributed by atoms with van der Waals surface area (Å²) < 4.78 is 12.2. The van der Waals surface area contributed by atoms with Gasteiger partial charge in [0.2, 0.25) is 0 Å². The SMILES string of the molecule is CCCP(CCC)C(CCCCCSCC(C)CO)P(OCC)OCC. The molecule has 26 heavy (non-hydrogen) atoms. The molecule has 1 N–H and O–H groups in total. The summed E-state index contributed by atoms with van der Waals surface area (Å²) in [5.41, 5.74) is 0. The average Bonchev–Trinajstić information content (AvgIpc) is 2.63. The topological polar surface area (TPSA) is 38.7 Å². The van der Waals surface area contributed by atoms with Crippen LogP contribution in [0.5, 0.6) is 0 Å². The number of thioether (sulfide) groups is 1. The lowest BCUT2D eigenvalue weighted by atomic mass is 10.2. The van der Waals surface area contributed by atoms with Gasteiger partial charge >= 0.3 is 0 Å². The minimum atomic E-state index is -0.729. The van der Waals surface area contributed by atoms with Gasteiger partial charge in [0.15, 0.2) is 8.38 Å². The summed E-state index contributed by atoms with van der Waals surface area (Å²) in [7, 11) is -0.709. The monoisotopic (exact) mass is 426 g/mol. The molecule has 0 aromatic heterocycles. The highest BCUT2D eigenvalue weighted by atomic mass is 32.2. The number of unbranched alkanes of at least 4 members (excludes halogenated alkanes) is 2. The summed E-state index contributed by atoms with van der Waals surface area (Å²) in [6, 6.07) is 0. The van der Waals surface area contributed by atoms with Crippen molar-refractivity contribution in [3.63, 3.8) is 0 Å². The fourth-order valence-electron chi connectivity index (χ4n) is 2.91. The first-order chi connectivity index (χ1) is 12.6. The molecule has 0 heterocycles. The number of rotatable bonds is 19. The van der Waals surface area contributed by atoms with Crippen LogP contribution in [0.3, 0.4) is 0 Å². The highest BCUT2D eigenvalue weighted by Gasteiger charge is 2.30. The molecule has 0 aliphatic heterocycles. The van der Waals surface area contributed by atoms with Crippen LogP contribution < -0.4 is 0 Å². The van der Waals surface area contributed by atoms with Gasteiger partial charge in [-0.3, -0.25) is 0 Å². The van der Waals surface area contributed by atoms with Crippen LogP contribution in [0.25, 0.3) is 0 Å². The van der Waals surface area contributed by atoms with Gasteiger partial charge in [0.1, 0.15) is 0 Å². The van der Waals surface area contributed by atoms with Crippen molar-refractivity contribution in [1.82, 2.24) is 0 Å². The van der Waals surface area contributed by atoms with Crippen LogP contribution in [-0.4, -0.2) is 54.2 Å². The van der Waals surface area contributed by atoms with Crippen molar-refractivity contribution in [3.05, 3.63) is 0 Å². The molecule has 0 aromatic rings. The molecule has 0 aromatic carbocycles. The lowest BCUT2D eigenvalue weighted by Crippen LogP contribution is -2.12. The Bertz CT molecular complexity index is 270. The predicted octanol–water partition coefficient (Wildman–Crippen LogP) is 6.92. The van der Waals surface area contributed by atoms with E-state index in [1.54, 1.807) is 0 Å². The molecule has 0 rings (SSSR count). The summed E-state index contributed by atoms with van der Waals surface area (Å²) in [5, 5.41) is 9.74. The van der Waals surface area contributed by atoms with Gasteiger partial charge in [-0.25, -0.2) is 0 Å². The van der Waals surface area contributed by atoms with E-state index in [1.165, 1.54) is 56.6 Å². The van der Waals surface area contributed by atoms with E-state index in [1.807, 2.05) is 11.8 Å². The lowest BCUT2D eigenvalue weighted by molar-refractivity contribution is 0.250. The highest BCUT2D eigenvalue weighted by molar-refractivity contribution is 7.99. The molecule has 158 valence electrons. The Morgan fingerprint density at radius 3 is 2.04 bits per heavy atom. The Hall–Kier alpha value is 1.09. The zero-order valence-electron chi connectivity index (χ0n) is 17.9. The zero-order chi connectivity index (χ0) is 19.6. The van der Waals surface area contributed by atoms with E-state index in [0.717, 1.165) is 19.0 Å². The molecule has 0 saturated heterocycles. The first kappa shape index (κ1) is 27.1. The molecule has 6 heteroatoms. The summed E-state index contributed by atoms with van der Waals surface area (Å²) in [6.45, 7) is 12.8. The van der Waals surface area contributed by atoms with Crippen LogP contribution in [0.15, 0.2) is 0 Å². The number of aliphatic hydroxyl groups excluding tert-OH is 1. The molecule has 0 aliphatic rings. The molecule has 2 unspecified atom stereocenters. The van der Waals surface area contributed by atoms with Crippen molar-refractivity contribution in [2.24, 2.45) is 5.92 Å². The van der Waals surface area contributed by atoms with E-state index in [-0.39, 0.29) is 7.92 Å². The number of hydrogen-bond acceptors (Lipinski definition) is 4. The zero-order valence-corrected chi connectivity index (χ0v) is 20.5. The smallest absolute Gasteiger partial charge is 0.178 e. The van der Waals surface area contributed by atoms with Gasteiger partial charge in [0, 0.05) is 12.0 Å². The molecular weight excluding hydrogens is 382 g/mol. The van der Waals surface area contributed by atoms with E-state index >= 15 is 0 Å². The second-order valence-corrected chi connectivity index (χ2v) is 12.8. The molecule has 0 saturated carbocycles. The largest absolute Gasteiger partial charge is 0.396 e. The minimum absolute atomic E-state index is 0.0205. The predicted molar refractivity (Wildman–Crippen MR) is 123 cm³/mol. The van der Waals surface area contributed by atoms with Crippen molar-refractivity contribution in [2.75, 3.05) is 43.7 Å². The Balaban J connectivity index is 4.45. The van der Waals surface area contributed by atoms with Crippen molar-refractivity contribution in [2.45, 2.75) is 78.5 Å². The number of hydrogen-bond donors (Lipinski definition) is 1. The Morgan fingerprint density at radius 2 is 1.54 bits per heavy atom. The molecule has 0 bridgehead atoms. The average molecular weight is 427 g/mol. The highest BCUT2D eigenvalue weighted by Crippen LogP contribution is 2.61. The van der Waals surface area contributed by atoms with Crippen LogP contribution in [0.2, 0.25) is 0 Å². The van der Waals surface area contributed by atoms with E-state index in [4.69, 9.17) is 14.2 Å². The fourth-order valence-corrected chi connectivity index (χ4v) is 9.99. The Labute approximate surface area is 170 Å². The summed E-state index contributed by atoms with van der Waals surface area (Å²) in [5.74, 6) is 2.73. The molecule has 0 amide bonds. The van der Waals surface area contributed by atoms with Crippen LogP contribution in [0, 0.1) is 5.92 Å². The van der Waals surface area contributed by atoms with Crippen molar-refractivity contribution in [1.29, 1.82) is 0 Å². The van der Waals surface area contributed by atoms with Gasteiger partial charge < -0.3 is 14.2 Å². The van der Waals surface area contributed by atoms with Crippen molar-refractivity contribution >= 4 is 28.1 Å². The molecule has 3 nitrogen and oxygen atoms in total. The second-order valence-electron chi connectivity index (χ2n) is 6.85. The summed E-state index contributed by atoms with van der Waals surface area (Å²) in [6.07, 6.45) is 10.5. The molecule has 0 spiro atoms. The van der Waals surface area contributed by atoms with E-state index < -0.39 is 8.38 Å². The van der Waals surface area contributed by atoms with Crippen LogP contribution >= 0.6 is 28.1 Å². The first-order valence-corrected chi connectivity index (χ1v) is 14.8. The maximum absolute atomic E-state index is 9.08. The minimum Gasteiger partial charge on any atom is -0.396 e. The van der Waals surface area contributed by atoms with Crippen LogP contribution in [0.1, 0.15) is 73.1 Å². The molecular formula is C20H44O3P2S. The summed E-state index contributed by atoms with van der Waals surface area (Å²) in [4.78, 5) is 0. The second kappa shape index (κ2) is 19.4. The van der Waals surface area contributed by atoms with Crippen molar-refractivity contribution in [3.8, 4) is 0 Å². The van der Waals surface area contributed by atoms with Gasteiger partial charge in [-0.15, -0.1) is 0 Å². The summed E-state index contributed by atoms with van der Waals surface area (Å²) >= 11 is 1.99. The Kier molecular flexibility index (Phi) is 20.2. The normalized spacial score (nSPS) is 14.3. The lowest BCUT2D eigenvalue weighted by Gasteiger charge is -2.33. The number of aliphatic hydroxyl groups is 1. The maximum atomic E-state index is 9.08. The van der Waals surface area contributed by atoms with Gasteiger partial charge in [-0.1, -0.05) is 54.4 Å². The van der Waals surface area contributed by atoms with Gasteiger partial charge in [-0.2, -0.15) is 11.8 Å². The van der Waals surface area contributed by atoms with E-state index in [2.05, 4.69) is 34.6 Å². The molecule has 2 atom stereocenters. The standard InChI is InChI=1S/C20H44O3P2S/c1-6-14-24(15-7-2)20(25(22-8-3)23-9-4)13-11-10-12-16-26-18-19(5)17-21/h19-21H,6-18H2,1-5H3. The van der Waals surface area contributed by atoms with Gasteiger partial charge in [0.25, 0.3) is 0 Å². The fraction of sp³-hybridized carbons (Fsp3) is 1.00. The molecule has 0 fully saturated rings. The van der Waals surface area contributed by atoms with Crippen LogP contribution in [0.4, 0.5) is 0 Å². The first-order valence-electron chi connectivity index (χ1n) is 10.6. The molecule has 0 aliphatic carbocycles. The van der Waals surface area contributed by atoms with Crippen molar-refractivity contribution < 1.29 is 14.2 Å². The third-order valence-electron chi connectivity index (χ3n) is 4.16. The quantitative estimate of drug-likeness (QED) is 0.180. The van der Waals surface area contributed by atoms with Crippen LogP contribution in [-0.2, 0) is 9.05 Å². The third kappa shape index (κ3) is 13.3. The third-order valence-corrected chi connectivity index (χ3v) is 12.0. The molecule has 0 radical (unpaired) electrons.